The maximum atomic E-state index is 11.6. The van der Waals surface area contributed by atoms with Crippen molar-refractivity contribution in [1.82, 2.24) is 0 Å². The Kier molecular flexibility index (Phi) is 4.15. The molecule has 0 fully saturated rings. The maximum absolute atomic E-state index is 11.6. The van der Waals surface area contributed by atoms with Gasteiger partial charge >= 0.3 is 11.9 Å². The highest BCUT2D eigenvalue weighted by Crippen LogP contribution is 2.06. The molecule has 2 rings (SSSR count). The Morgan fingerprint density at radius 3 is 2.10 bits per heavy atom. The summed E-state index contributed by atoms with van der Waals surface area (Å²) in [5, 5.41) is 8.74. The second-order valence-corrected chi connectivity index (χ2v) is 3.87. The molecular formula is C16H10O4. The number of carbonyl (C=O) groups excluding carboxylic acids is 1. The molecule has 0 saturated heterocycles. The summed E-state index contributed by atoms with van der Waals surface area (Å²) < 4.78 is 4.78. The molecule has 4 heteroatoms. The van der Waals surface area contributed by atoms with Crippen molar-refractivity contribution >= 4 is 11.9 Å². The molecule has 0 atom stereocenters. The highest BCUT2D eigenvalue weighted by Gasteiger charge is 2.08. The summed E-state index contributed by atoms with van der Waals surface area (Å²) in [6.07, 6.45) is 2.32. The monoisotopic (exact) mass is 266 g/mol. The first kappa shape index (κ1) is 13.4. The Bertz CT molecular complexity index is 676. The SMILES string of the molecule is O=C(O)c1ccc(C(=O)OC#Cc2ccccc2)cc1. The minimum atomic E-state index is -1.05. The van der Waals surface area contributed by atoms with Crippen LogP contribution in [-0.4, -0.2) is 17.0 Å². The van der Waals surface area contributed by atoms with E-state index in [9.17, 15) is 9.59 Å². The molecule has 0 unspecified atom stereocenters. The zero-order valence-corrected chi connectivity index (χ0v) is 10.4. The third kappa shape index (κ3) is 3.47. The van der Waals surface area contributed by atoms with Gasteiger partial charge in [0.25, 0.3) is 0 Å². The normalized spacial score (nSPS) is 9.20. The average Bonchev–Trinajstić information content (AvgIpc) is 2.48. The molecule has 1 N–H and O–H groups in total. The van der Waals surface area contributed by atoms with Crippen molar-refractivity contribution in [3.05, 3.63) is 71.3 Å². The number of rotatable bonds is 2. The zero-order chi connectivity index (χ0) is 14.4. The van der Waals surface area contributed by atoms with Crippen molar-refractivity contribution < 1.29 is 19.4 Å². The largest absolute Gasteiger partial charge is 0.478 e. The summed E-state index contributed by atoms with van der Waals surface area (Å²) in [7, 11) is 0. The van der Waals surface area contributed by atoms with E-state index in [2.05, 4.69) is 12.0 Å². The van der Waals surface area contributed by atoms with Crippen LogP contribution >= 0.6 is 0 Å². The molecule has 0 aliphatic rings. The van der Waals surface area contributed by atoms with Crippen LogP contribution in [0.3, 0.4) is 0 Å². The number of aromatic carboxylic acids is 1. The predicted octanol–water partition coefficient (Wildman–Crippen LogP) is 2.55. The van der Waals surface area contributed by atoms with Crippen LogP contribution in [-0.2, 0) is 4.74 Å². The molecule has 0 aliphatic carbocycles. The molecule has 98 valence electrons. The van der Waals surface area contributed by atoms with Crippen molar-refractivity contribution in [3.8, 4) is 12.0 Å². The van der Waals surface area contributed by atoms with E-state index in [0.29, 0.717) is 0 Å². The molecular weight excluding hydrogens is 256 g/mol. The summed E-state index contributed by atoms with van der Waals surface area (Å²) in [5.41, 5.74) is 1.09. The van der Waals surface area contributed by atoms with Gasteiger partial charge in [0.15, 0.2) is 0 Å². The van der Waals surface area contributed by atoms with Gasteiger partial charge in [0, 0.05) is 5.56 Å². The molecule has 0 amide bonds. The van der Waals surface area contributed by atoms with Crippen molar-refractivity contribution in [3.63, 3.8) is 0 Å². The van der Waals surface area contributed by atoms with Gasteiger partial charge in [0.1, 0.15) is 6.11 Å². The van der Waals surface area contributed by atoms with Crippen LogP contribution in [0.5, 0.6) is 0 Å². The van der Waals surface area contributed by atoms with E-state index in [1.807, 2.05) is 18.2 Å². The number of esters is 1. The Labute approximate surface area is 115 Å². The number of carboxylic acids is 1. The van der Waals surface area contributed by atoms with Gasteiger partial charge in [0.2, 0.25) is 0 Å². The second kappa shape index (κ2) is 6.21. The first-order valence-electron chi connectivity index (χ1n) is 5.77. The van der Waals surface area contributed by atoms with Gasteiger partial charge in [-0.1, -0.05) is 18.2 Å². The number of carbonyl (C=O) groups is 2. The van der Waals surface area contributed by atoms with Gasteiger partial charge in [-0.15, -0.1) is 0 Å². The van der Waals surface area contributed by atoms with Crippen molar-refractivity contribution in [1.29, 1.82) is 0 Å². The average molecular weight is 266 g/mol. The van der Waals surface area contributed by atoms with Crippen LogP contribution in [0.25, 0.3) is 0 Å². The molecule has 0 heterocycles. The van der Waals surface area contributed by atoms with Crippen LogP contribution in [0.1, 0.15) is 26.3 Å². The number of benzene rings is 2. The summed E-state index contributed by atoms with van der Waals surface area (Å²) >= 11 is 0. The van der Waals surface area contributed by atoms with Crippen molar-refractivity contribution in [2.24, 2.45) is 0 Å². The molecule has 0 aromatic heterocycles. The van der Waals surface area contributed by atoms with E-state index in [-0.39, 0.29) is 11.1 Å². The topological polar surface area (TPSA) is 63.6 Å². The zero-order valence-electron chi connectivity index (χ0n) is 10.4. The highest BCUT2D eigenvalue weighted by atomic mass is 16.5. The summed E-state index contributed by atoms with van der Waals surface area (Å²) in [4.78, 5) is 22.3. The van der Waals surface area contributed by atoms with Gasteiger partial charge < -0.3 is 9.84 Å². The Morgan fingerprint density at radius 1 is 0.900 bits per heavy atom. The number of hydrogen-bond acceptors (Lipinski definition) is 3. The molecule has 0 spiro atoms. The Balaban J connectivity index is 2.02. The van der Waals surface area contributed by atoms with E-state index < -0.39 is 11.9 Å². The standard InChI is InChI=1S/C16H10O4/c17-15(18)13-6-8-14(9-7-13)16(19)20-11-10-12-4-2-1-3-5-12/h1-9H,(H,17,18). The fourth-order valence-electron chi connectivity index (χ4n) is 1.46. The molecule has 0 saturated carbocycles. The highest BCUT2D eigenvalue weighted by molar-refractivity contribution is 5.93. The molecule has 0 bridgehead atoms. The van der Waals surface area contributed by atoms with Crippen LogP contribution < -0.4 is 0 Å². The van der Waals surface area contributed by atoms with Gasteiger partial charge in [-0.2, -0.15) is 0 Å². The molecule has 4 nitrogen and oxygen atoms in total. The quantitative estimate of drug-likeness (QED) is 0.670. The van der Waals surface area contributed by atoms with Gasteiger partial charge in [0.05, 0.1) is 11.1 Å². The van der Waals surface area contributed by atoms with Gasteiger partial charge in [-0.05, 0) is 42.3 Å². The summed E-state index contributed by atoms with van der Waals surface area (Å²) in [6.45, 7) is 0. The first-order valence-corrected chi connectivity index (χ1v) is 5.77. The van der Waals surface area contributed by atoms with Crippen LogP contribution in [0, 0.1) is 12.0 Å². The lowest BCUT2D eigenvalue weighted by atomic mass is 10.1. The molecule has 0 aliphatic heterocycles. The Hall–Kier alpha value is -3.06. The lowest BCUT2D eigenvalue weighted by molar-refractivity contribution is 0.0678. The minimum absolute atomic E-state index is 0.108. The summed E-state index contributed by atoms with van der Waals surface area (Å²) in [6, 6.07) is 14.6. The fraction of sp³-hybridized carbons (Fsp3) is 0. The van der Waals surface area contributed by atoms with Crippen molar-refractivity contribution in [2.75, 3.05) is 0 Å². The molecule has 20 heavy (non-hydrogen) atoms. The first-order chi connectivity index (χ1) is 9.66. The Morgan fingerprint density at radius 2 is 1.50 bits per heavy atom. The van der Waals surface area contributed by atoms with E-state index in [0.717, 1.165) is 5.56 Å². The van der Waals surface area contributed by atoms with Crippen LogP contribution in [0.15, 0.2) is 54.6 Å². The third-order valence-corrected chi connectivity index (χ3v) is 2.48. The number of hydrogen-bond donors (Lipinski definition) is 1. The second-order valence-electron chi connectivity index (χ2n) is 3.87. The third-order valence-electron chi connectivity index (χ3n) is 2.48. The fourth-order valence-corrected chi connectivity index (χ4v) is 1.46. The van der Waals surface area contributed by atoms with Crippen LogP contribution in [0.2, 0.25) is 0 Å². The lowest BCUT2D eigenvalue weighted by Crippen LogP contribution is -2.02. The molecule has 2 aromatic carbocycles. The maximum Gasteiger partial charge on any atom is 0.352 e. The predicted molar refractivity (Wildman–Crippen MR) is 72.1 cm³/mol. The van der Waals surface area contributed by atoms with Gasteiger partial charge in [-0.3, -0.25) is 0 Å². The van der Waals surface area contributed by atoms with E-state index in [1.54, 1.807) is 12.1 Å². The molecule has 0 radical (unpaired) electrons. The van der Waals surface area contributed by atoms with Crippen molar-refractivity contribution in [2.45, 2.75) is 0 Å². The van der Waals surface area contributed by atoms with E-state index in [1.165, 1.54) is 24.3 Å². The summed E-state index contributed by atoms with van der Waals surface area (Å²) in [5.74, 6) is 1.02. The van der Waals surface area contributed by atoms with E-state index >= 15 is 0 Å². The lowest BCUT2D eigenvalue weighted by Gasteiger charge is -1.98. The minimum Gasteiger partial charge on any atom is -0.478 e. The number of ether oxygens (including phenoxy) is 1. The molecule has 2 aromatic rings. The van der Waals surface area contributed by atoms with E-state index in [4.69, 9.17) is 9.84 Å². The smallest absolute Gasteiger partial charge is 0.352 e. The van der Waals surface area contributed by atoms with Gasteiger partial charge in [-0.25, -0.2) is 9.59 Å². The van der Waals surface area contributed by atoms with Crippen LogP contribution in [0.4, 0.5) is 0 Å². The number of carboxylic acid groups (broad SMARTS) is 1.